The van der Waals surface area contributed by atoms with E-state index in [1.807, 2.05) is 60.3 Å². The Balaban J connectivity index is 1.64. The summed E-state index contributed by atoms with van der Waals surface area (Å²) in [4.78, 5) is 12.2. The van der Waals surface area contributed by atoms with Gasteiger partial charge in [0.05, 0.1) is 0 Å². The van der Waals surface area contributed by atoms with Crippen LogP contribution in [0.3, 0.4) is 0 Å². The lowest BCUT2D eigenvalue weighted by Gasteiger charge is -2.06. The molecular weight excluding hydrogens is 260 g/mol. The highest BCUT2D eigenvalue weighted by atomic mass is 16.1. The van der Waals surface area contributed by atoms with Crippen LogP contribution >= 0.6 is 0 Å². The summed E-state index contributed by atoms with van der Waals surface area (Å²) in [5, 5.41) is 4.06. The first-order valence-electron chi connectivity index (χ1n) is 7.11. The van der Waals surface area contributed by atoms with E-state index in [2.05, 4.69) is 17.4 Å². The summed E-state index contributed by atoms with van der Waals surface area (Å²) in [5.41, 5.74) is 3.08. The van der Waals surface area contributed by atoms with Gasteiger partial charge in [0.15, 0.2) is 0 Å². The molecule has 1 amide bonds. The minimum absolute atomic E-state index is 0.0170. The molecule has 0 saturated carbocycles. The number of carbonyl (C=O) groups excluding carboxylic acids is 1. The van der Waals surface area contributed by atoms with Crippen molar-refractivity contribution in [3.63, 3.8) is 0 Å². The van der Waals surface area contributed by atoms with E-state index in [1.165, 1.54) is 5.56 Å². The third kappa shape index (κ3) is 2.97. The number of hydrogen-bond acceptors (Lipinski definition) is 1. The topological polar surface area (TPSA) is 34.0 Å². The van der Waals surface area contributed by atoms with Gasteiger partial charge in [-0.2, -0.15) is 0 Å². The average molecular weight is 278 g/mol. The third-order valence-corrected chi connectivity index (χ3v) is 3.69. The number of nitrogens with zero attached hydrogens (tertiary/aromatic N) is 1. The van der Waals surface area contributed by atoms with Gasteiger partial charge in [0.25, 0.3) is 5.91 Å². The maximum absolute atomic E-state index is 12.2. The Hall–Kier alpha value is -2.55. The van der Waals surface area contributed by atoms with Gasteiger partial charge in [-0.3, -0.25) is 4.79 Å². The van der Waals surface area contributed by atoms with E-state index in [0.29, 0.717) is 12.1 Å². The monoisotopic (exact) mass is 278 g/mol. The van der Waals surface area contributed by atoms with Gasteiger partial charge in [0, 0.05) is 36.3 Å². The van der Waals surface area contributed by atoms with Crippen LogP contribution in [0.2, 0.25) is 0 Å². The molecule has 3 rings (SSSR count). The van der Waals surface area contributed by atoms with Crippen LogP contribution < -0.4 is 5.32 Å². The summed E-state index contributed by atoms with van der Waals surface area (Å²) in [5.74, 6) is -0.0170. The Labute approximate surface area is 124 Å². The molecule has 3 heteroatoms. The van der Waals surface area contributed by atoms with Gasteiger partial charge in [-0.25, -0.2) is 0 Å². The van der Waals surface area contributed by atoms with Crippen molar-refractivity contribution in [2.45, 2.75) is 6.42 Å². The number of fused-ring (bicyclic) bond motifs is 1. The quantitative estimate of drug-likeness (QED) is 0.781. The molecule has 0 radical (unpaired) electrons. The standard InChI is InChI=1S/C18H18N2O/c1-20-12-10-15-13-16(7-8-17(15)20)18(21)19-11-9-14-5-3-2-4-6-14/h2-8,10,12-13H,9,11H2,1H3,(H,19,21). The molecule has 0 aliphatic rings. The molecule has 106 valence electrons. The minimum Gasteiger partial charge on any atom is -0.352 e. The predicted octanol–water partition coefficient (Wildman–Crippen LogP) is 3.15. The second kappa shape index (κ2) is 5.83. The van der Waals surface area contributed by atoms with Crippen molar-refractivity contribution in [2.24, 2.45) is 7.05 Å². The van der Waals surface area contributed by atoms with Crippen LogP contribution in [0.15, 0.2) is 60.8 Å². The first-order valence-corrected chi connectivity index (χ1v) is 7.11. The maximum atomic E-state index is 12.2. The van der Waals surface area contributed by atoms with Gasteiger partial charge in [0.2, 0.25) is 0 Å². The molecule has 0 unspecified atom stereocenters. The van der Waals surface area contributed by atoms with E-state index < -0.39 is 0 Å². The number of benzene rings is 2. The van der Waals surface area contributed by atoms with Crippen LogP contribution in [-0.2, 0) is 13.5 Å². The van der Waals surface area contributed by atoms with Crippen LogP contribution in [0.1, 0.15) is 15.9 Å². The average Bonchev–Trinajstić information content (AvgIpc) is 2.89. The zero-order chi connectivity index (χ0) is 14.7. The second-order valence-electron chi connectivity index (χ2n) is 5.19. The highest BCUT2D eigenvalue weighted by molar-refractivity contribution is 5.98. The molecular formula is C18H18N2O. The Morgan fingerprint density at radius 2 is 1.90 bits per heavy atom. The van der Waals surface area contributed by atoms with Crippen molar-refractivity contribution >= 4 is 16.8 Å². The zero-order valence-corrected chi connectivity index (χ0v) is 12.0. The summed E-state index contributed by atoms with van der Waals surface area (Å²) < 4.78 is 2.05. The van der Waals surface area contributed by atoms with Crippen molar-refractivity contribution < 1.29 is 4.79 Å². The van der Waals surface area contributed by atoms with Crippen LogP contribution in [0.5, 0.6) is 0 Å². The predicted molar refractivity (Wildman–Crippen MR) is 85.4 cm³/mol. The number of aryl methyl sites for hydroxylation is 1. The van der Waals surface area contributed by atoms with Crippen molar-refractivity contribution in [2.75, 3.05) is 6.54 Å². The summed E-state index contributed by atoms with van der Waals surface area (Å²) >= 11 is 0. The van der Waals surface area contributed by atoms with Crippen molar-refractivity contribution in [1.29, 1.82) is 0 Å². The highest BCUT2D eigenvalue weighted by Crippen LogP contribution is 2.16. The Kier molecular flexibility index (Phi) is 3.73. The van der Waals surface area contributed by atoms with Crippen LogP contribution in [-0.4, -0.2) is 17.0 Å². The second-order valence-corrected chi connectivity index (χ2v) is 5.19. The van der Waals surface area contributed by atoms with Crippen molar-refractivity contribution in [3.05, 3.63) is 71.9 Å². The van der Waals surface area contributed by atoms with Crippen LogP contribution in [0.25, 0.3) is 10.9 Å². The molecule has 0 spiro atoms. The minimum atomic E-state index is -0.0170. The third-order valence-electron chi connectivity index (χ3n) is 3.69. The molecule has 2 aromatic carbocycles. The normalized spacial score (nSPS) is 10.7. The number of amides is 1. The smallest absolute Gasteiger partial charge is 0.251 e. The molecule has 3 nitrogen and oxygen atoms in total. The number of nitrogens with one attached hydrogen (secondary N) is 1. The van der Waals surface area contributed by atoms with Gasteiger partial charge < -0.3 is 9.88 Å². The molecule has 3 aromatic rings. The lowest BCUT2D eigenvalue weighted by molar-refractivity contribution is 0.0954. The molecule has 0 aliphatic heterocycles. The number of carbonyl (C=O) groups is 1. The van der Waals surface area contributed by atoms with Gasteiger partial charge >= 0.3 is 0 Å². The molecule has 0 fully saturated rings. The Morgan fingerprint density at radius 1 is 1.10 bits per heavy atom. The fraction of sp³-hybridized carbons (Fsp3) is 0.167. The molecule has 0 aliphatic carbocycles. The fourth-order valence-electron chi connectivity index (χ4n) is 2.49. The van der Waals surface area contributed by atoms with E-state index in [9.17, 15) is 4.79 Å². The zero-order valence-electron chi connectivity index (χ0n) is 12.0. The van der Waals surface area contributed by atoms with E-state index in [-0.39, 0.29) is 5.91 Å². The SMILES string of the molecule is Cn1ccc2cc(C(=O)NCCc3ccccc3)ccc21. The Bertz CT molecular complexity index is 759. The molecule has 0 saturated heterocycles. The summed E-state index contributed by atoms with van der Waals surface area (Å²) in [7, 11) is 2.00. The lowest BCUT2D eigenvalue weighted by atomic mass is 10.1. The van der Waals surface area contributed by atoms with Crippen LogP contribution in [0.4, 0.5) is 0 Å². The van der Waals surface area contributed by atoms with Gasteiger partial charge in [-0.15, -0.1) is 0 Å². The summed E-state index contributed by atoms with van der Waals surface area (Å²) in [6.07, 6.45) is 2.85. The summed E-state index contributed by atoms with van der Waals surface area (Å²) in [6, 6.07) is 18.0. The van der Waals surface area contributed by atoms with Gasteiger partial charge in [0.1, 0.15) is 0 Å². The molecule has 1 N–H and O–H groups in total. The first-order chi connectivity index (χ1) is 10.2. The van der Waals surface area contributed by atoms with Gasteiger partial charge in [-0.05, 0) is 36.2 Å². The summed E-state index contributed by atoms with van der Waals surface area (Å²) in [6.45, 7) is 0.648. The largest absolute Gasteiger partial charge is 0.352 e. The molecule has 1 heterocycles. The number of aromatic nitrogens is 1. The highest BCUT2D eigenvalue weighted by Gasteiger charge is 2.07. The first kappa shape index (κ1) is 13.4. The van der Waals surface area contributed by atoms with Crippen LogP contribution in [0, 0.1) is 0 Å². The number of hydrogen-bond donors (Lipinski definition) is 1. The molecule has 21 heavy (non-hydrogen) atoms. The van der Waals surface area contributed by atoms with E-state index in [0.717, 1.165) is 17.3 Å². The van der Waals surface area contributed by atoms with Crippen molar-refractivity contribution in [3.8, 4) is 0 Å². The molecule has 0 atom stereocenters. The van der Waals surface area contributed by atoms with E-state index in [4.69, 9.17) is 0 Å². The molecule has 0 bridgehead atoms. The van der Waals surface area contributed by atoms with Crippen molar-refractivity contribution in [1.82, 2.24) is 9.88 Å². The maximum Gasteiger partial charge on any atom is 0.251 e. The Morgan fingerprint density at radius 3 is 2.71 bits per heavy atom. The lowest BCUT2D eigenvalue weighted by Crippen LogP contribution is -2.25. The van der Waals surface area contributed by atoms with E-state index in [1.54, 1.807) is 0 Å². The fourth-order valence-corrected chi connectivity index (χ4v) is 2.49. The van der Waals surface area contributed by atoms with E-state index >= 15 is 0 Å². The molecule has 1 aromatic heterocycles. The van der Waals surface area contributed by atoms with Gasteiger partial charge in [-0.1, -0.05) is 30.3 Å². The number of rotatable bonds is 4.